The van der Waals surface area contributed by atoms with Gasteiger partial charge in [-0.15, -0.1) is 0 Å². The SMILES string of the molecule is Cn1nc(N2CCC(Cn3nc4c(cc3=O)CCC4)CC2)ccc1=O. The number of rotatable bonds is 3. The summed E-state index contributed by atoms with van der Waals surface area (Å²) in [6.45, 7) is 2.46. The van der Waals surface area contributed by atoms with Crippen molar-refractivity contribution in [3.8, 4) is 0 Å². The van der Waals surface area contributed by atoms with E-state index in [-0.39, 0.29) is 11.1 Å². The number of fused-ring (bicyclic) bond motifs is 1. The average molecular weight is 341 g/mol. The van der Waals surface area contributed by atoms with Gasteiger partial charge in [0.15, 0.2) is 0 Å². The first-order valence-corrected chi connectivity index (χ1v) is 8.99. The van der Waals surface area contributed by atoms with Crippen molar-refractivity contribution in [2.75, 3.05) is 18.0 Å². The fourth-order valence-electron chi connectivity index (χ4n) is 3.82. The van der Waals surface area contributed by atoms with Gasteiger partial charge in [-0.3, -0.25) is 9.59 Å². The molecule has 2 aromatic rings. The van der Waals surface area contributed by atoms with Crippen molar-refractivity contribution in [2.24, 2.45) is 13.0 Å². The Morgan fingerprint density at radius 3 is 2.64 bits per heavy atom. The highest BCUT2D eigenvalue weighted by atomic mass is 16.1. The summed E-state index contributed by atoms with van der Waals surface area (Å²) in [5.41, 5.74) is 2.17. The van der Waals surface area contributed by atoms with Gasteiger partial charge in [-0.25, -0.2) is 9.36 Å². The Morgan fingerprint density at radius 2 is 1.88 bits per heavy atom. The van der Waals surface area contributed by atoms with Crippen LogP contribution in [0.3, 0.4) is 0 Å². The van der Waals surface area contributed by atoms with Gasteiger partial charge in [-0.2, -0.15) is 10.2 Å². The average Bonchev–Trinajstić information content (AvgIpc) is 3.05. The monoisotopic (exact) mass is 341 g/mol. The maximum absolute atomic E-state index is 12.3. The molecular formula is C18H23N5O2. The van der Waals surface area contributed by atoms with E-state index in [1.807, 2.05) is 0 Å². The van der Waals surface area contributed by atoms with Gasteiger partial charge in [0.25, 0.3) is 11.1 Å². The summed E-state index contributed by atoms with van der Waals surface area (Å²) in [7, 11) is 1.67. The molecule has 0 aromatic carbocycles. The van der Waals surface area contributed by atoms with Crippen molar-refractivity contribution in [2.45, 2.75) is 38.6 Å². The van der Waals surface area contributed by atoms with Gasteiger partial charge in [-0.05, 0) is 49.7 Å². The van der Waals surface area contributed by atoms with Crippen LogP contribution in [0.2, 0.25) is 0 Å². The number of nitrogens with zero attached hydrogens (tertiary/aromatic N) is 5. The van der Waals surface area contributed by atoms with E-state index in [1.165, 1.54) is 4.68 Å². The van der Waals surface area contributed by atoms with E-state index in [0.717, 1.165) is 62.3 Å². The lowest BCUT2D eigenvalue weighted by Crippen LogP contribution is -2.38. The second-order valence-corrected chi connectivity index (χ2v) is 7.07. The van der Waals surface area contributed by atoms with Crippen molar-refractivity contribution in [1.82, 2.24) is 19.6 Å². The number of piperidine rings is 1. The van der Waals surface area contributed by atoms with Gasteiger partial charge in [-0.1, -0.05) is 0 Å². The lowest BCUT2D eigenvalue weighted by molar-refractivity contribution is 0.332. The molecule has 0 spiro atoms. The molecule has 1 saturated heterocycles. The Hall–Kier alpha value is -2.44. The van der Waals surface area contributed by atoms with E-state index in [9.17, 15) is 9.59 Å². The molecule has 1 fully saturated rings. The zero-order chi connectivity index (χ0) is 17.4. The second-order valence-electron chi connectivity index (χ2n) is 7.07. The second kappa shape index (κ2) is 6.46. The van der Waals surface area contributed by atoms with Gasteiger partial charge in [0.1, 0.15) is 5.82 Å². The van der Waals surface area contributed by atoms with Crippen LogP contribution in [0.1, 0.15) is 30.5 Å². The number of aromatic nitrogens is 4. The molecule has 2 aliphatic rings. The highest BCUT2D eigenvalue weighted by Gasteiger charge is 2.22. The predicted molar refractivity (Wildman–Crippen MR) is 94.9 cm³/mol. The third-order valence-electron chi connectivity index (χ3n) is 5.34. The lowest BCUT2D eigenvalue weighted by atomic mass is 9.97. The minimum Gasteiger partial charge on any atom is -0.355 e. The first kappa shape index (κ1) is 16.1. The van der Waals surface area contributed by atoms with Crippen LogP contribution in [0.25, 0.3) is 0 Å². The van der Waals surface area contributed by atoms with Gasteiger partial charge in [0.05, 0.1) is 5.69 Å². The van der Waals surface area contributed by atoms with Crippen LogP contribution in [0.4, 0.5) is 5.82 Å². The third kappa shape index (κ3) is 3.23. The Morgan fingerprint density at radius 1 is 1.08 bits per heavy atom. The summed E-state index contributed by atoms with van der Waals surface area (Å²) in [6, 6.07) is 5.12. The maximum Gasteiger partial charge on any atom is 0.267 e. The van der Waals surface area contributed by atoms with E-state index >= 15 is 0 Å². The molecule has 0 atom stereocenters. The van der Waals surface area contributed by atoms with Crippen molar-refractivity contribution in [3.05, 3.63) is 50.2 Å². The molecule has 0 saturated carbocycles. The van der Waals surface area contributed by atoms with E-state index in [4.69, 9.17) is 0 Å². The largest absolute Gasteiger partial charge is 0.355 e. The maximum atomic E-state index is 12.3. The van der Waals surface area contributed by atoms with E-state index in [0.29, 0.717) is 12.5 Å². The molecular weight excluding hydrogens is 318 g/mol. The molecule has 25 heavy (non-hydrogen) atoms. The van der Waals surface area contributed by atoms with Crippen LogP contribution in [-0.2, 0) is 26.4 Å². The highest BCUT2D eigenvalue weighted by Crippen LogP contribution is 2.23. The predicted octanol–water partition coefficient (Wildman–Crippen LogP) is 0.742. The summed E-state index contributed by atoms with van der Waals surface area (Å²) in [5.74, 6) is 1.29. The summed E-state index contributed by atoms with van der Waals surface area (Å²) in [4.78, 5) is 25.9. The van der Waals surface area contributed by atoms with Crippen LogP contribution in [0.5, 0.6) is 0 Å². The molecule has 0 radical (unpaired) electrons. The van der Waals surface area contributed by atoms with Crippen LogP contribution < -0.4 is 16.0 Å². The number of hydrogen-bond donors (Lipinski definition) is 0. The fourth-order valence-corrected chi connectivity index (χ4v) is 3.82. The number of anilines is 1. The molecule has 0 amide bonds. The van der Waals surface area contributed by atoms with Crippen molar-refractivity contribution in [1.29, 1.82) is 0 Å². The number of aryl methyl sites for hydroxylation is 3. The fraction of sp³-hybridized carbons (Fsp3) is 0.556. The van der Waals surface area contributed by atoms with Crippen LogP contribution >= 0.6 is 0 Å². The van der Waals surface area contributed by atoms with Crippen LogP contribution in [-0.4, -0.2) is 32.7 Å². The summed E-state index contributed by atoms with van der Waals surface area (Å²) < 4.78 is 3.03. The van der Waals surface area contributed by atoms with Crippen LogP contribution in [0.15, 0.2) is 27.8 Å². The Labute approximate surface area is 145 Å². The molecule has 3 heterocycles. The highest BCUT2D eigenvalue weighted by molar-refractivity contribution is 5.36. The Kier molecular flexibility index (Phi) is 4.15. The summed E-state index contributed by atoms with van der Waals surface area (Å²) in [6.07, 6.45) is 5.08. The zero-order valence-electron chi connectivity index (χ0n) is 14.5. The first-order valence-electron chi connectivity index (χ1n) is 8.99. The quantitative estimate of drug-likeness (QED) is 0.823. The van der Waals surface area contributed by atoms with E-state index in [2.05, 4.69) is 15.1 Å². The molecule has 132 valence electrons. The summed E-state index contributed by atoms with van der Waals surface area (Å²) >= 11 is 0. The van der Waals surface area contributed by atoms with Gasteiger partial charge in [0.2, 0.25) is 0 Å². The Balaban J connectivity index is 1.41. The zero-order valence-corrected chi connectivity index (χ0v) is 14.5. The molecule has 1 aliphatic carbocycles. The van der Waals surface area contributed by atoms with E-state index in [1.54, 1.807) is 29.9 Å². The lowest BCUT2D eigenvalue weighted by Gasteiger charge is -2.32. The molecule has 0 bridgehead atoms. The molecule has 0 N–H and O–H groups in total. The number of hydrogen-bond acceptors (Lipinski definition) is 5. The molecule has 4 rings (SSSR count). The normalized spacial score (nSPS) is 17.7. The van der Waals surface area contributed by atoms with Gasteiger partial charge in [0, 0.05) is 38.8 Å². The molecule has 0 unspecified atom stereocenters. The van der Waals surface area contributed by atoms with Crippen LogP contribution in [0, 0.1) is 5.92 Å². The summed E-state index contributed by atoms with van der Waals surface area (Å²) in [5, 5.41) is 8.91. The minimum atomic E-state index is -0.0966. The standard InChI is InChI=1S/C18H23N5O2/c1-21-17(24)6-5-16(20-21)22-9-7-13(8-10-22)12-23-18(25)11-14-3-2-4-15(14)19-23/h5-6,11,13H,2-4,7-10,12H2,1H3. The minimum absolute atomic E-state index is 0.0304. The van der Waals surface area contributed by atoms with E-state index < -0.39 is 0 Å². The molecule has 7 heteroatoms. The molecule has 2 aromatic heterocycles. The first-order chi connectivity index (χ1) is 12.1. The Bertz CT molecular complexity index is 893. The smallest absolute Gasteiger partial charge is 0.267 e. The van der Waals surface area contributed by atoms with Crippen molar-refractivity contribution < 1.29 is 0 Å². The third-order valence-corrected chi connectivity index (χ3v) is 5.34. The van der Waals surface area contributed by atoms with Gasteiger partial charge >= 0.3 is 0 Å². The van der Waals surface area contributed by atoms with Crippen molar-refractivity contribution in [3.63, 3.8) is 0 Å². The van der Waals surface area contributed by atoms with Gasteiger partial charge < -0.3 is 4.90 Å². The molecule has 1 aliphatic heterocycles. The topological polar surface area (TPSA) is 73.0 Å². The van der Waals surface area contributed by atoms with Crippen molar-refractivity contribution >= 4 is 5.82 Å². The molecule has 7 nitrogen and oxygen atoms in total.